The number of hydrogen-bond acceptors (Lipinski definition) is 2. The Morgan fingerprint density at radius 2 is 2.05 bits per heavy atom. The maximum Gasteiger partial charge on any atom is 0.255 e. The number of nitrogens with one attached hydrogen (secondary N) is 1. The van der Waals surface area contributed by atoms with Crippen LogP contribution >= 0.6 is 0 Å². The van der Waals surface area contributed by atoms with E-state index in [1.165, 1.54) is 12.1 Å². The molecule has 4 heteroatoms. The molecule has 2 aromatic carbocycles. The predicted octanol–water partition coefficient (Wildman–Crippen LogP) is 3.28. The highest BCUT2D eigenvalue weighted by molar-refractivity contribution is 6.04. The van der Waals surface area contributed by atoms with Gasteiger partial charge in [-0.1, -0.05) is 12.1 Å². The van der Waals surface area contributed by atoms with Crippen molar-refractivity contribution < 1.29 is 9.18 Å². The molecule has 0 heterocycles. The van der Waals surface area contributed by atoms with Crippen molar-refractivity contribution in [3.63, 3.8) is 0 Å². The predicted molar refractivity (Wildman–Crippen MR) is 82.9 cm³/mol. The van der Waals surface area contributed by atoms with Crippen molar-refractivity contribution in [1.29, 1.82) is 0 Å². The van der Waals surface area contributed by atoms with Gasteiger partial charge in [-0.2, -0.15) is 0 Å². The summed E-state index contributed by atoms with van der Waals surface area (Å²) in [7, 11) is 0. The number of rotatable bonds is 5. The van der Waals surface area contributed by atoms with Gasteiger partial charge in [-0.3, -0.25) is 4.79 Å². The molecule has 0 unspecified atom stereocenters. The number of nitrogens with two attached hydrogens (primary N) is 1. The molecule has 2 aromatic rings. The molecule has 0 aliphatic heterocycles. The molecular weight excluding hydrogens is 267 g/mol. The van der Waals surface area contributed by atoms with Gasteiger partial charge in [0.15, 0.2) is 0 Å². The second-order valence-corrected chi connectivity index (χ2v) is 5.01. The summed E-state index contributed by atoms with van der Waals surface area (Å²) < 4.78 is 13.2. The number of carbonyl (C=O) groups excluding carboxylic acids is 1. The fourth-order valence-corrected chi connectivity index (χ4v) is 2.10. The lowest BCUT2D eigenvalue weighted by molar-refractivity contribution is 0.102. The Hall–Kier alpha value is -2.20. The van der Waals surface area contributed by atoms with E-state index in [1.54, 1.807) is 13.0 Å². The summed E-state index contributed by atoms with van der Waals surface area (Å²) in [6.45, 7) is 2.28. The molecule has 1 amide bonds. The van der Waals surface area contributed by atoms with Gasteiger partial charge in [0.2, 0.25) is 0 Å². The smallest absolute Gasteiger partial charge is 0.255 e. The highest BCUT2D eigenvalue weighted by Gasteiger charge is 2.08. The lowest BCUT2D eigenvalue weighted by Gasteiger charge is -2.08. The average molecular weight is 286 g/mol. The monoisotopic (exact) mass is 286 g/mol. The highest BCUT2D eigenvalue weighted by atomic mass is 19.1. The van der Waals surface area contributed by atoms with Gasteiger partial charge >= 0.3 is 0 Å². The third-order valence-corrected chi connectivity index (χ3v) is 3.27. The van der Waals surface area contributed by atoms with E-state index in [2.05, 4.69) is 5.32 Å². The quantitative estimate of drug-likeness (QED) is 0.886. The lowest BCUT2D eigenvalue weighted by Crippen LogP contribution is -2.12. The number of anilines is 1. The fraction of sp³-hybridized carbons (Fsp3) is 0.235. The van der Waals surface area contributed by atoms with Crippen LogP contribution < -0.4 is 11.1 Å². The zero-order valence-electron chi connectivity index (χ0n) is 12.0. The largest absolute Gasteiger partial charge is 0.330 e. The Morgan fingerprint density at radius 1 is 1.24 bits per heavy atom. The molecule has 21 heavy (non-hydrogen) atoms. The van der Waals surface area contributed by atoms with Crippen molar-refractivity contribution in [1.82, 2.24) is 0 Å². The van der Waals surface area contributed by atoms with E-state index < -0.39 is 0 Å². The van der Waals surface area contributed by atoms with Crippen LogP contribution in [-0.2, 0) is 6.42 Å². The van der Waals surface area contributed by atoms with Crippen LogP contribution in [0.3, 0.4) is 0 Å². The highest BCUT2D eigenvalue weighted by Crippen LogP contribution is 2.15. The normalized spacial score (nSPS) is 10.4. The summed E-state index contributed by atoms with van der Waals surface area (Å²) in [5, 5.41) is 2.83. The summed E-state index contributed by atoms with van der Waals surface area (Å²) in [4.78, 5) is 12.1. The zero-order valence-corrected chi connectivity index (χ0v) is 12.0. The van der Waals surface area contributed by atoms with Gasteiger partial charge < -0.3 is 11.1 Å². The molecule has 3 N–H and O–H groups in total. The van der Waals surface area contributed by atoms with Crippen LogP contribution in [0.2, 0.25) is 0 Å². The van der Waals surface area contributed by atoms with Crippen molar-refractivity contribution in [2.75, 3.05) is 11.9 Å². The molecule has 110 valence electrons. The molecule has 0 saturated heterocycles. The molecule has 0 radical (unpaired) electrons. The molecule has 0 aliphatic rings. The number of halogens is 1. The number of aryl methyl sites for hydroxylation is 2. The van der Waals surface area contributed by atoms with E-state index in [-0.39, 0.29) is 11.7 Å². The van der Waals surface area contributed by atoms with Crippen molar-refractivity contribution in [3.05, 3.63) is 65.0 Å². The number of carbonyl (C=O) groups is 1. The van der Waals surface area contributed by atoms with Crippen LogP contribution in [0.4, 0.5) is 10.1 Å². The molecule has 0 aliphatic carbocycles. The van der Waals surface area contributed by atoms with Gasteiger partial charge in [0, 0.05) is 11.3 Å². The minimum atomic E-state index is -0.310. The summed E-state index contributed by atoms with van der Waals surface area (Å²) >= 11 is 0. The Balaban J connectivity index is 2.10. The zero-order chi connectivity index (χ0) is 15.2. The first-order valence-electron chi connectivity index (χ1n) is 6.96. The van der Waals surface area contributed by atoms with Crippen molar-refractivity contribution in [2.45, 2.75) is 19.8 Å². The van der Waals surface area contributed by atoms with E-state index in [1.807, 2.05) is 24.3 Å². The van der Waals surface area contributed by atoms with Crippen LogP contribution in [0.5, 0.6) is 0 Å². The van der Waals surface area contributed by atoms with Crippen molar-refractivity contribution in [2.24, 2.45) is 5.73 Å². The number of hydrogen-bond donors (Lipinski definition) is 2. The Morgan fingerprint density at radius 3 is 2.76 bits per heavy atom. The second kappa shape index (κ2) is 6.99. The maximum atomic E-state index is 13.2. The Bertz CT molecular complexity index is 640. The van der Waals surface area contributed by atoms with Gasteiger partial charge in [-0.05, 0) is 67.8 Å². The van der Waals surface area contributed by atoms with Crippen molar-refractivity contribution >= 4 is 11.6 Å². The first kappa shape index (κ1) is 15.2. The summed E-state index contributed by atoms with van der Waals surface area (Å²) in [6, 6.07) is 12.0. The molecular formula is C17H19FN2O. The molecule has 2 rings (SSSR count). The van der Waals surface area contributed by atoms with Crippen molar-refractivity contribution in [3.8, 4) is 0 Å². The van der Waals surface area contributed by atoms with E-state index >= 15 is 0 Å². The van der Waals surface area contributed by atoms with Gasteiger partial charge in [0.05, 0.1) is 0 Å². The van der Waals surface area contributed by atoms with Crippen LogP contribution in [0, 0.1) is 12.7 Å². The Kier molecular flexibility index (Phi) is 5.06. The fourth-order valence-electron chi connectivity index (χ4n) is 2.10. The van der Waals surface area contributed by atoms with E-state index in [9.17, 15) is 9.18 Å². The minimum Gasteiger partial charge on any atom is -0.330 e. The SMILES string of the molecule is Cc1cc(C(=O)Nc2cccc(CCCN)c2)ccc1F. The summed E-state index contributed by atoms with van der Waals surface area (Å²) in [6.07, 6.45) is 1.80. The van der Waals surface area contributed by atoms with E-state index in [4.69, 9.17) is 5.73 Å². The number of amides is 1. The summed E-state index contributed by atoms with van der Waals surface area (Å²) in [5.74, 6) is -0.551. The van der Waals surface area contributed by atoms with Gasteiger partial charge in [-0.25, -0.2) is 4.39 Å². The summed E-state index contributed by atoms with van der Waals surface area (Å²) in [5.41, 5.74) is 8.27. The van der Waals surface area contributed by atoms with Crippen LogP contribution in [0.15, 0.2) is 42.5 Å². The third-order valence-electron chi connectivity index (χ3n) is 3.27. The molecule has 0 fully saturated rings. The first-order valence-corrected chi connectivity index (χ1v) is 6.96. The molecule has 0 spiro atoms. The third kappa shape index (κ3) is 4.13. The topological polar surface area (TPSA) is 55.1 Å². The molecule has 0 saturated carbocycles. The van der Waals surface area contributed by atoms with Gasteiger partial charge in [0.25, 0.3) is 5.91 Å². The lowest BCUT2D eigenvalue weighted by atomic mass is 10.1. The molecule has 0 atom stereocenters. The standard InChI is InChI=1S/C17H19FN2O/c1-12-10-14(7-8-16(12)18)17(21)20-15-6-2-4-13(11-15)5-3-9-19/h2,4,6-8,10-11H,3,5,9,19H2,1H3,(H,20,21). The van der Waals surface area contributed by atoms with Crippen LogP contribution in [-0.4, -0.2) is 12.5 Å². The second-order valence-electron chi connectivity index (χ2n) is 5.01. The first-order chi connectivity index (χ1) is 10.1. The van der Waals surface area contributed by atoms with Crippen LogP contribution in [0.25, 0.3) is 0 Å². The van der Waals surface area contributed by atoms with E-state index in [0.717, 1.165) is 24.1 Å². The Labute approximate surface area is 124 Å². The minimum absolute atomic E-state index is 0.242. The molecule has 0 aromatic heterocycles. The molecule has 3 nitrogen and oxygen atoms in total. The van der Waals surface area contributed by atoms with Crippen LogP contribution in [0.1, 0.15) is 27.9 Å². The van der Waals surface area contributed by atoms with Gasteiger partial charge in [-0.15, -0.1) is 0 Å². The average Bonchev–Trinajstić information content (AvgIpc) is 2.48. The number of benzene rings is 2. The van der Waals surface area contributed by atoms with Gasteiger partial charge in [0.1, 0.15) is 5.82 Å². The van der Waals surface area contributed by atoms with E-state index in [0.29, 0.717) is 17.7 Å². The molecule has 0 bridgehead atoms. The maximum absolute atomic E-state index is 13.2.